The molecule has 2 N–H and O–H groups in total. The second kappa shape index (κ2) is 8.02. The average molecular weight is 364 g/mol. The van der Waals surface area contributed by atoms with Gasteiger partial charge < -0.3 is 14.9 Å². The molecular weight excluding hydrogens is 344 g/mol. The van der Waals surface area contributed by atoms with Gasteiger partial charge in [0.05, 0.1) is 17.3 Å². The van der Waals surface area contributed by atoms with Crippen molar-refractivity contribution in [1.29, 1.82) is 0 Å². The summed E-state index contributed by atoms with van der Waals surface area (Å²) in [5.41, 5.74) is 0.807. The number of carbonyl (C=O) groups is 1. The molecule has 0 spiro atoms. The third-order valence-electron chi connectivity index (χ3n) is 3.66. The van der Waals surface area contributed by atoms with Crippen LogP contribution in [0.3, 0.4) is 0 Å². The summed E-state index contributed by atoms with van der Waals surface area (Å²) in [7, 11) is -3.30. The maximum atomic E-state index is 12.2. The lowest BCUT2D eigenvalue weighted by atomic mass is 10.2. The molecule has 0 radical (unpaired) electrons. The van der Waals surface area contributed by atoms with Crippen LogP contribution in [0.2, 0.25) is 0 Å². The van der Waals surface area contributed by atoms with Crippen LogP contribution in [0.4, 0.5) is 0 Å². The van der Waals surface area contributed by atoms with Gasteiger partial charge in [-0.2, -0.15) is 0 Å². The van der Waals surface area contributed by atoms with E-state index in [1.165, 1.54) is 18.2 Å². The molecule has 134 valence electrons. The summed E-state index contributed by atoms with van der Waals surface area (Å²) < 4.78 is 29.8. The van der Waals surface area contributed by atoms with Gasteiger partial charge >= 0.3 is 5.97 Å². The van der Waals surface area contributed by atoms with Crippen LogP contribution >= 0.6 is 0 Å². The molecule has 0 aliphatic heterocycles. The summed E-state index contributed by atoms with van der Waals surface area (Å²) in [5, 5.41) is 18.4. The number of hydrogen-bond donors (Lipinski definition) is 2. The predicted octanol–water partition coefficient (Wildman–Crippen LogP) is 3.03. The van der Waals surface area contributed by atoms with Gasteiger partial charge in [0.2, 0.25) is 0 Å². The number of ether oxygens (including phenoxy) is 1. The number of carboxylic acid groups (broad SMARTS) is 1. The molecule has 0 aliphatic carbocycles. The largest absolute Gasteiger partial charge is 0.507 e. The van der Waals surface area contributed by atoms with E-state index in [1.54, 1.807) is 24.3 Å². The van der Waals surface area contributed by atoms with Crippen LogP contribution in [-0.2, 0) is 9.84 Å². The lowest BCUT2D eigenvalue weighted by molar-refractivity contribution is 0.0693. The van der Waals surface area contributed by atoms with E-state index in [2.05, 4.69) is 0 Å². The first-order chi connectivity index (χ1) is 11.8. The van der Waals surface area contributed by atoms with Gasteiger partial charge in [-0.3, -0.25) is 0 Å². The molecule has 6 nitrogen and oxygen atoms in total. The third-order valence-corrected chi connectivity index (χ3v) is 5.47. The van der Waals surface area contributed by atoms with Gasteiger partial charge in [-0.1, -0.05) is 17.7 Å². The zero-order valence-corrected chi connectivity index (χ0v) is 14.6. The first-order valence-corrected chi connectivity index (χ1v) is 9.43. The lowest BCUT2D eigenvalue weighted by Crippen LogP contribution is -2.08. The Bertz CT molecular complexity index is 840. The topological polar surface area (TPSA) is 101 Å². The number of hydrogen-bond acceptors (Lipinski definition) is 5. The first-order valence-electron chi connectivity index (χ1n) is 7.78. The number of aromatic carboxylic acids is 1. The summed E-state index contributed by atoms with van der Waals surface area (Å²) in [6.07, 6.45) is 0.960. The Morgan fingerprint density at radius 3 is 2.36 bits per heavy atom. The first kappa shape index (κ1) is 18.8. The Balaban J connectivity index is 1.80. The van der Waals surface area contributed by atoms with Gasteiger partial charge in [-0.15, -0.1) is 0 Å². The maximum absolute atomic E-state index is 12.2. The normalized spacial score (nSPS) is 11.2. The smallest absolute Gasteiger partial charge is 0.339 e. The molecule has 0 aliphatic rings. The molecule has 0 aromatic heterocycles. The molecule has 0 amide bonds. The summed E-state index contributed by atoms with van der Waals surface area (Å²) in [6, 6.07) is 10.7. The van der Waals surface area contributed by atoms with E-state index in [1.807, 2.05) is 6.92 Å². The number of carboxylic acids is 1. The highest BCUT2D eigenvalue weighted by Crippen LogP contribution is 2.23. The molecule has 0 saturated heterocycles. The van der Waals surface area contributed by atoms with Crippen LogP contribution < -0.4 is 4.74 Å². The van der Waals surface area contributed by atoms with Crippen LogP contribution in [0.5, 0.6) is 11.5 Å². The minimum Gasteiger partial charge on any atom is -0.507 e. The second-order valence-electron chi connectivity index (χ2n) is 5.67. The number of aromatic hydroxyl groups is 1. The molecule has 0 saturated carbocycles. The van der Waals surface area contributed by atoms with E-state index in [4.69, 9.17) is 9.84 Å². The molecule has 25 heavy (non-hydrogen) atoms. The summed E-state index contributed by atoms with van der Waals surface area (Å²) in [5.74, 6) is -1.22. The molecule has 0 atom stereocenters. The van der Waals surface area contributed by atoms with Crippen molar-refractivity contribution in [1.82, 2.24) is 0 Å². The molecule has 0 bridgehead atoms. The van der Waals surface area contributed by atoms with Gasteiger partial charge in [0.1, 0.15) is 17.1 Å². The van der Waals surface area contributed by atoms with Crippen LogP contribution in [0.15, 0.2) is 47.4 Å². The Hall–Kier alpha value is -2.54. The minimum atomic E-state index is -3.30. The Kier molecular flexibility index (Phi) is 6.03. The third kappa shape index (κ3) is 5.22. The number of benzene rings is 2. The predicted molar refractivity (Wildman–Crippen MR) is 93.0 cm³/mol. The fourth-order valence-electron chi connectivity index (χ4n) is 2.23. The van der Waals surface area contributed by atoms with Crippen LogP contribution in [0.1, 0.15) is 28.8 Å². The van der Waals surface area contributed by atoms with Gasteiger partial charge in [0.25, 0.3) is 0 Å². The quantitative estimate of drug-likeness (QED) is 0.698. The van der Waals surface area contributed by atoms with Crippen LogP contribution in [0, 0.1) is 6.92 Å². The fraction of sp³-hybridized carbons (Fsp3) is 0.278. The molecular formula is C18H20O6S. The minimum absolute atomic E-state index is 0.0304. The monoisotopic (exact) mass is 364 g/mol. The van der Waals surface area contributed by atoms with Crippen LogP contribution in [0.25, 0.3) is 0 Å². The van der Waals surface area contributed by atoms with E-state index in [0.717, 1.165) is 5.56 Å². The number of unbranched alkanes of at least 4 members (excludes halogenated alkanes) is 1. The summed E-state index contributed by atoms with van der Waals surface area (Å²) in [6.45, 7) is 2.17. The molecule has 0 fully saturated rings. The number of rotatable bonds is 8. The number of phenols is 1. The van der Waals surface area contributed by atoms with Crippen molar-refractivity contribution >= 4 is 15.8 Å². The SMILES string of the molecule is Cc1ccc(S(=O)(=O)CCCCOc2ccc(C(=O)O)c(O)c2)cc1. The van der Waals surface area contributed by atoms with E-state index in [9.17, 15) is 18.3 Å². The Labute approximate surface area is 146 Å². The Morgan fingerprint density at radius 2 is 1.76 bits per heavy atom. The van der Waals surface area contributed by atoms with E-state index >= 15 is 0 Å². The molecule has 7 heteroatoms. The van der Waals surface area contributed by atoms with Crippen molar-refractivity contribution in [3.63, 3.8) is 0 Å². The average Bonchev–Trinajstić information content (AvgIpc) is 2.54. The number of aryl methyl sites for hydroxylation is 1. The van der Waals surface area contributed by atoms with Crippen molar-refractivity contribution < 1.29 is 28.2 Å². The summed E-state index contributed by atoms with van der Waals surface area (Å²) >= 11 is 0. The van der Waals surface area contributed by atoms with Gasteiger partial charge in [0.15, 0.2) is 9.84 Å². The van der Waals surface area contributed by atoms with Crippen molar-refractivity contribution in [2.75, 3.05) is 12.4 Å². The fourth-order valence-corrected chi connectivity index (χ4v) is 3.60. The van der Waals surface area contributed by atoms with Crippen molar-refractivity contribution in [2.24, 2.45) is 0 Å². The zero-order chi connectivity index (χ0) is 18.4. The Morgan fingerprint density at radius 1 is 1.08 bits per heavy atom. The summed E-state index contributed by atoms with van der Waals surface area (Å²) in [4.78, 5) is 11.1. The maximum Gasteiger partial charge on any atom is 0.339 e. The molecule has 2 rings (SSSR count). The van der Waals surface area contributed by atoms with Crippen LogP contribution in [-0.4, -0.2) is 37.0 Å². The molecule has 2 aromatic rings. The van der Waals surface area contributed by atoms with Crippen molar-refractivity contribution in [3.05, 3.63) is 53.6 Å². The van der Waals surface area contributed by atoms with E-state index in [-0.39, 0.29) is 23.7 Å². The van der Waals surface area contributed by atoms with E-state index < -0.39 is 15.8 Å². The van der Waals surface area contributed by atoms with Gasteiger partial charge in [-0.25, -0.2) is 13.2 Å². The molecule has 2 aromatic carbocycles. The zero-order valence-electron chi connectivity index (χ0n) is 13.8. The molecule has 0 heterocycles. The van der Waals surface area contributed by atoms with Gasteiger partial charge in [0, 0.05) is 6.07 Å². The van der Waals surface area contributed by atoms with Crippen molar-refractivity contribution in [2.45, 2.75) is 24.7 Å². The highest BCUT2D eigenvalue weighted by molar-refractivity contribution is 7.91. The standard InChI is InChI=1S/C18H20O6S/c1-13-4-7-15(8-5-13)25(22,23)11-3-2-10-24-14-6-9-16(18(20)21)17(19)12-14/h4-9,12,19H,2-3,10-11H2,1H3,(H,20,21). The van der Waals surface area contributed by atoms with Gasteiger partial charge in [-0.05, 0) is 44.0 Å². The second-order valence-corrected chi connectivity index (χ2v) is 7.78. The van der Waals surface area contributed by atoms with E-state index in [0.29, 0.717) is 23.5 Å². The number of sulfone groups is 1. The molecule has 0 unspecified atom stereocenters. The highest BCUT2D eigenvalue weighted by atomic mass is 32.2. The highest BCUT2D eigenvalue weighted by Gasteiger charge is 2.14. The van der Waals surface area contributed by atoms with Crippen molar-refractivity contribution in [3.8, 4) is 11.5 Å². The lowest BCUT2D eigenvalue weighted by Gasteiger charge is -2.08.